The lowest BCUT2D eigenvalue weighted by Gasteiger charge is -1.97. The van der Waals surface area contributed by atoms with E-state index in [0.29, 0.717) is 0 Å². The van der Waals surface area contributed by atoms with Gasteiger partial charge in [0.2, 0.25) is 0 Å². The van der Waals surface area contributed by atoms with Crippen molar-refractivity contribution in [2.45, 2.75) is 0 Å². The van der Waals surface area contributed by atoms with Crippen molar-refractivity contribution >= 4 is 36.8 Å². The van der Waals surface area contributed by atoms with Gasteiger partial charge in [-0.2, -0.15) is 0 Å². The first kappa shape index (κ1) is 15.2. The van der Waals surface area contributed by atoms with E-state index in [1.54, 1.807) is 0 Å². The Bertz CT molecular complexity index is 309. The second-order valence-electron chi connectivity index (χ2n) is 2.03. The molecule has 0 spiro atoms. The van der Waals surface area contributed by atoms with Crippen LogP contribution in [-0.2, 0) is 0 Å². The number of carbonyl (C=O) groups is 2. The van der Waals surface area contributed by atoms with Crippen molar-refractivity contribution in [2.75, 3.05) is 0 Å². The highest BCUT2D eigenvalue weighted by molar-refractivity contribution is 6.01. The minimum absolute atomic E-state index is 0. The number of carboxylic acids is 2. The van der Waals surface area contributed by atoms with Gasteiger partial charge in [-0.3, -0.25) is 4.98 Å². The van der Waals surface area contributed by atoms with E-state index < -0.39 is 11.9 Å². The summed E-state index contributed by atoms with van der Waals surface area (Å²) in [5.41, 5.74) is -0.553. The van der Waals surface area contributed by atoms with Gasteiger partial charge in [-0.05, 0) is 6.07 Å². The van der Waals surface area contributed by atoms with E-state index in [4.69, 9.17) is 10.2 Å². The Kier molecular flexibility index (Phi) is 6.68. The highest BCUT2D eigenvalue weighted by Gasteiger charge is 2.14. The van der Waals surface area contributed by atoms with E-state index in [-0.39, 0.29) is 35.9 Å². The van der Waals surface area contributed by atoms with E-state index in [0.717, 1.165) is 12.3 Å². The molecule has 0 aliphatic carbocycles. The van der Waals surface area contributed by atoms with Gasteiger partial charge >= 0.3 is 11.9 Å². The monoisotopic (exact) mass is 239 g/mol. The van der Waals surface area contributed by atoms with Crippen molar-refractivity contribution in [2.24, 2.45) is 0 Å². The van der Waals surface area contributed by atoms with Crippen LogP contribution in [-0.4, -0.2) is 27.1 Å². The van der Waals surface area contributed by atoms with E-state index >= 15 is 0 Å². The highest BCUT2D eigenvalue weighted by atomic mass is 35.5. The molecule has 0 aliphatic heterocycles. The number of nitrogens with zero attached hydrogens (tertiary/aromatic N) is 1. The maximum absolute atomic E-state index is 10.4. The molecule has 1 heterocycles. The Labute approximate surface area is 91.6 Å². The average Bonchev–Trinajstić information content (AvgIpc) is 2.04. The molecule has 0 amide bonds. The standard InChI is InChI=1S/C7H5NO4.2ClH/c9-6(10)4-1-2-8-3-5(4)7(11)12;;/h1-3H,(H,9,10)(H,11,12);2*1H. The van der Waals surface area contributed by atoms with Crippen molar-refractivity contribution in [1.82, 2.24) is 4.98 Å². The van der Waals surface area contributed by atoms with Crippen molar-refractivity contribution in [3.8, 4) is 0 Å². The molecule has 0 saturated heterocycles. The summed E-state index contributed by atoms with van der Waals surface area (Å²) >= 11 is 0. The molecular weight excluding hydrogens is 233 g/mol. The van der Waals surface area contributed by atoms with Crippen molar-refractivity contribution in [3.05, 3.63) is 29.6 Å². The zero-order chi connectivity index (χ0) is 9.14. The number of halogens is 2. The van der Waals surface area contributed by atoms with E-state index in [9.17, 15) is 9.59 Å². The van der Waals surface area contributed by atoms with Gasteiger partial charge in [-0.1, -0.05) is 0 Å². The SMILES string of the molecule is Cl.Cl.O=C(O)c1ccncc1C(=O)O. The van der Waals surface area contributed by atoms with Crippen molar-refractivity contribution in [1.29, 1.82) is 0 Å². The molecule has 0 unspecified atom stereocenters. The van der Waals surface area contributed by atoms with Crippen LogP contribution in [0.3, 0.4) is 0 Å². The smallest absolute Gasteiger partial charge is 0.338 e. The van der Waals surface area contributed by atoms with Crippen molar-refractivity contribution in [3.63, 3.8) is 0 Å². The molecule has 2 N–H and O–H groups in total. The molecule has 1 rings (SSSR count). The van der Waals surface area contributed by atoms with Gasteiger partial charge in [0.15, 0.2) is 0 Å². The molecule has 1 aromatic heterocycles. The van der Waals surface area contributed by atoms with Crippen LogP contribution >= 0.6 is 24.8 Å². The number of aromatic carboxylic acids is 2. The molecule has 0 aromatic carbocycles. The number of aromatic nitrogens is 1. The number of rotatable bonds is 2. The Morgan fingerprint density at radius 3 is 1.93 bits per heavy atom. The third-order valence-corrected chi connectivity index (χ3v) is 1.28. The summed E-state index contributed by atoms with van der Waals surface area (Å²) in [6, 6.07) is 1.14. The third kappa shape index (κ3) is 3.20. The van der Waals surface area contributed by atoms with Gasteiger partial charge in [-0.25, -0.2) is 9.59 Å². The molecule has 0 bridgehead atoms. The Morgan fingerprint density at radius 1 is 1.07 bits per heavy atom. The number of carboxylic acid groups (broad SMARTS) is 2. The normalized spacial score (nSPS) is 8.00. The lowest BCUT2D eigenvalue weighted by atomic mass is 10.1. The van der Waals surface area contributed by atoms with Gasteiger partial charge in [-0.15, -0.1) is 24.8 Å². The quantitative estimate of drug-likeness (QED) is 0.813. The molecule has 0 fully saturated rings. The summed E-state index contributed by atoms with van der Waals surface area (Å²) in [7, 11) is 0. The molecule has 1 aromatic rings. The summed E-state index contributed by atoms with van der Waals surface area (Å²) < 4.78 is 0. The summed E-state index contributed by atoms with van der Waals surface area (Å²) in [4.78, 5) is 24.4. The number of pyridine rings is 1. The molecule has 5 nitrogen and oxygen atoms in total. The van der Waals surface area contributed by atoms with Crippen LogP contribution in [0.5, 0.6) is 0 Å². The Balaban J connectivity index is 0. The lowest BCUT2D eigenvalue weighted by molar-refractivity contribution is 0.0651. The second kappa shape index (κ2) is 6.17. The topological polar surface area (TPSA) is 87.5 Å². The Hall–Kier alpha value is -1.33. The first-order chi connectivity index (χ1) is 5.63. The number of hydrogen-bond acceptors (Lipinski definition) is 3. The first-order valence-electron chi connectivity index (χ1n) is 3.03. The van der Waals surface area contributed by atoms with Gasteiger partial charge in [0.1, 0.15) is 0 Å². The van der Waals surface area contributed by atoms with Crippen LogP contribution in [0.1, 0.15) is 20.7 Å². The van der Waals surface area contributed by atoms with Gasteiger partial charge < -0.3 is 10.2 Å². The summed E-state index contributed by atoms with van der Waals surface area (Å²) in [6.07, 6.45) is 2.24. The largest absolute Gasteiger partial charge is 0.478 e. The summed E-state index contributed by atoms with van der Waals surface area (Å²) in [6.45, 7) is 0. The second-order valence-corrected chi connectivity index (χ2v) is 2.03. The Morgan fingerprint density at radius 2 is 1.57 bits per heavy atom. The first-order valence-corrected chi connectivity index (χ1v) is 3.03. The van der Waals surface area contributed by atoms with Crippen molar-refractivity contribution < 1.29 is 19.8 Å². The molecule has 0 saturated carbocycles. The van der Waals surface area contributed by atoms with Crippen LogP contribution < -0.4 is 0 Å². The molecule has 0 radical (unpaired) electrons. The highest BCUT2D eigenvalue weighted by Crippen LogP contribution is 2.05. The third-order valence-electron chi connectivity index (χ3n) is 1.28. The fourth-order valence-corrected chi connectivity index (χ4v) is 0.751. The molecule has 78 valence electrons. The van der Waals surface area contributed by atoms with Crippen LogP contribution in [0.25, 0.3) is 0 Å². The maximum Gasteiger partial charge on any atom is 0.338 e. The van der Waals surface area contributed by atoms with Crippen LogP contribution in [0.4, 0.5) is 0 Å². The molecule has 7 heteroatoms. The zero-order valence-electron chi connectivity index (χ0n) is 6.71. The predicted molar refractivity (Wildman–Crippen MR) is 52.7 cm³/mol. The fraction of sp³-hybridized carbons (Fsp3) is 0. The average molecular weight is 240 g/mol. The van der Waals surface area contributed by atoms with Crippen LogP contribution in [0.15, 0.2) is 18.5 Å². The van der Waals surface area contributed by atoms with Gasteiger partial charge in [0, 0.05) is 12.4 Å². The molecule has 0 atom stereocenters. The predicted octanol–water partition coefficient (Wildman–Crippen LogP) is 1.32. The van der Waals surface area contributed by atoms with Gasteiger partial charge in [0.05, 0.1) is 11.1 Å². The summed E-state index contributed by atoms with van der Waals surface area (Å²) in [5.74, 6) is -2.56. The van der Waals surface area contributed by atoms with E-state index in [2.05, 4.69) is 4.98 Å². The molecule has 14 heavy (non-hydrogen) atoms. The minimum Gasteiger partial charge on any atom is -0.478 e. The lowest BCUT2D eigenvalue weighted by Crippen LogP contribution is -2.07. The van der Waals surface area contributed by atoms with E-state index in [1.807, 2.05) is 0 Å². The van der Waals surface area contributed by atoms with Gasteiger partial charge in [0.25, 0.3) is 0 Å². The maximum atomic E-state index is 10.4. The van der Waals surface area contributed by atoms with Crippen LogP contribution in [0.2, 0.25) is 0 Å². The minimum atomic E-state index is -1.29. The fourth-order valence-electron chi connectivity index (χ4n) is 0.751. The summed E-state index contributed by atoms with van der Waals surface area (Å²) in [5, 5.41) is 17.0. The van der Waals surface area contributed by atoms with E-state index in [1.165, 1.54) is 6.20 Å². The molecule has 0 aliphatic rings. The number of hydrogen-bond donors (Lipinski definition) is 2. The van der Waals surface area contributed by atoms with Crippen LogP contribution in [0, 0.1) is 0 Å². The molecular formula is C7H7Cl2NO4. The zero-order valence-corrected chi connectivity index (χ0v) is 8.34.